The van der Waals surface area contributed by atoms with E-state index in [1.54, 1.807) is 6.20 Å². The number of halogens is 1. The van der Waals surface area contributed by atoms with Gasteiger partial charge in [0.1, 0.15) is 4.60 Å². The van der Waals surface area contributed by atoms with Crippen molar-refractivity contribution in [3.05, 3.63) is 22.9 Å². The second-order valence-corrected chi connectivity index (χ2v) is 4.86. The van der Waals surface area contributed by atoms with Crippen LogP contribution in [-0.2, 0) is 4.74 Å². The molecule has 0 aromatic carbocycles. The fourth-order valence-corrected chi connectivity index (χ4v) is 2.37. The highest BCUT2D eigenvalue weighted by molar-refractivity contribution is 9.10. The van der Waals surface area contributed by atoms with E-state index in [9.17, 15) is 0 Å². The van der Waals surface area contributed by atoms with E-state index >= 15 is 0 Å². The van der Waals surface area contributed by atoms with Crippen LogP contribution in [0.15, 0.2) is 22.9 Å². The monoisotopic (exact) mass is 284 g/mol. The van der Waals surface area contributed by atoms with Crippen molar-refractivity contribution in [2.75, 3.05) is 11.9 Å². The van der Waals surface area contributed by atoms with E-state index in [-0.39, 0.29) is 0 Å². The predicted octanol–water partition coefficient (Wildman–Crippen LogP) is 3.21. The third-order valence-corrected chi connectivity index (χ3v) is 3.57. The van der Waals surface area contributed by atoms with Crippen molar-refractivity contribution >= 4 is 21.6 Å². The number of ether oxygens (including phenoxy) is 1. The van der Waals surface area contributed by atoms with Crippen LogP contribution in [0.4, 0.5) is 5.69 Å². The summed E-state index contributed by atoms with van der Waals surface area (Å²) in [6, 6.07) is 4.50. The zero-order valence-electron chi connectivity index (χ0n) is 9.45. The Balaban J connectivity index is 1.97. The average Bonchev–Trinajstić information content (AvgIpc) is 2.32. The minimum Gasteiger partial charge on any atom is -0.380 e. The number of pyridine rings is 1. The van der Waals surface area contributed by atoms with Gasteiger partial charge in [0.05, 0.1) is 11.8 Å². The summed E-state index contributed by atoms with van der Waals surface area (Å²) in [6.45, 7) is 3.03. The highest BCUT2D eigenvalue weighted by atomic mass is 79.9. The van der Waals surface area contributed by atoms with Crippen LogP contribution in [0.25, 0.3) is 0 Å². The Kier molecular flexibility index (Phi) is 4.18. The molecule has 1 N–H and O–H groups in total. The van der Waals surface area contributed by atoms with Gasteiger partial charge in [0.25, 0.3) is 0 Å². The minimum atomic E-state index is 0.404. The second-order valence-electron chi connectivity index (χ2n) is 4.11. The highest BCUT2D eigenvalue weighted by Crippen LogP contribution is 2.24. The zero-order valence-corrected chi connectivity index (χ0v) is 11.0. The number of anilines is 1. The third kappa shape index (κ3) is 2.95. The summed E-state index contributed by atoms with van der Waals surface area (Å²) in [5, 5.41) is 3.52. The molecule has 88 valence electrons. The Hall–Kier alpha value is -0.610. The molecule has 0 bridgehead atoms. The maximum Gasteiger partial charge on any atom is 0.129 e. The third-order valence-electron chi connectivity index (χ3n) is 2.94. The van der Waals surface area contributed by atoms with Crippen LogP contribution in [0.2, 0.25) is 0 Å². The highest BCUT2D eigenvalue weighted by Gasteiger charge is 2.21. The SMILES string of the molecule is CCC1CC(Nc2cccnc2Br)CCO1. The molecule has 0 radical (unpaired) electrons. The molecule has 3 nitrogen and oxygen atoms in total. The van der Waals surface area contributed by atoms with Crippen molar-refractivity contribution in [3.8, 4) is 0 Å². The summed E-state index contributed by atoms with van der Waals surface area (Å²) < 4.78 is 6.54. The molecule has 2 atom stereocenters. The number of nitrogens with zero attached hydrogens (tertiary/aromatic N) is 1. The summed E-state index contributed by atoms with van der Waals surface area (Å²) >= 11 is 3.45. The van der Waals surface area contributed by atoms with Gasteiger partial charge < -0.3 is 10.1 Å². The molecule has 0 aliphatic carbocycles. The van der Waals surface area contributed by atoms with Crippen LogP contribution >= 0.6 is 15.9 Å². The standard InChI is InChI=1S/C12H17BrN2O/c1-2-10-8-9(5-7-16-10)15-11-4-3-6-14-12(11)13/h3-4,6,9-10,15H,2,5,7-8H2,1H3. The van der Waals surface area contributed by atoms with Gasteiger partial charge in [-0.3, -0.25) is 0 Å². The normalized spacial score (nSPS) is 25.4. The summed E-state index contributed by atoms with van der Waals surface area (Å²) in [5.41, 5.74) is 1.07. The van der Waals surface area contributed by atoms with E-state index in [1.165, 1.54) is 0 Å². The van der Waals surface area contributed by atoms with E-state index < -0.39 is 0 Å². The van der Waals surface area contributed by atoms with E-state index in [0.717, 1.165) is 36.2 Å². The van der Waals surface area contributed by atoms with Gasteiger partial charge in [-0.2, -0.15) is 0 Å². The van der Waals surface area contributed by atoms with Crippen molar-refractivity contribution in [2.45, 2.75) is 38.3 Å². The number of hydrogen-bond acceptors (Lipinski definition) is 3. The summed E-state index contributed by atoms with van der Waals surface area (Å²) in [4.78, 5) is 4.21. The first-order chi connectivity index (χ1) is 7.79. The summed E-state index contributed by atoms with van der Waals surface area (Å²) in [5.74, 6) is 0. The Morgan fingerprint density at radius 2 is 2.50 bits per heavy atom. The molecule has 1 aliphatic heterocycles. The maximum atomic E-state index is 5.66. The molecular formula is C12H17BrN2O. The lowest BCUT2D eigenvalue weighted by molar-refractivity contribution is 0.00924. The zero-order chi connectivity index (χ0) is 11.4. The number of aromatic nitrogens is 1. The lowest BCUT2D eigenvalue weighted by Gasteiger charge is -2.30. The molecule has 1 aromatic rings. The molecule has 16 heavy (non-hydrogen) atoms. The number of hydrogen-bond donors (Lipinski definition) is 1. The number of rotatable bonds is 3. The van der Waals surface area contributed by atoms with E-state index in [0.29, 0.717) is 12.1 Å². The first-order valence-electron chi connectivity index (χ1n) is 5.78. The summed E-state index contributed by atoms with van der Waals surface area (Å²) in [6.07, 6.45) is 5.43. The molecule has 2 rings (SSSR count). The topological polar surface area (TPSA) is 34.2 Å². The van der Waals surface area contributed by atoms with Crippen molar-refractivity contribution in [1.82, 2.24) is 4.98 Å². The lowest BCUT2D eigenvalue weighted by Crippen LogP contribution is -2.33. The van der Waals surface area contributed by atoms with Gasteiger partial charge in [0, 0.05) is 18.8 Å². The van der Waals surface area contributed by atoms with Crippen molar-refractivity contribution in [3.63, 3.8) is 0 Å². The lowest BCUT2D eigenvalue weighted by atomic mass is 10.0. The largest absolute Gasteiger partial charge is 0.380 e. The smallest absolute Gasteiger partial charge is 0.129 e. The van der Waals surface area contributed by atoms with Gasteiger partial charge in [0.15, 0.2) is 0 Å². The Labute approximate surface area is 105 Å². The Bertz CT molecular complexity index is 346. The van der Waals surface area contributed by atoms with Gasteiger partial charge in [-0.1, -0.05) is 6.92 Å². The van der Waals surface area contributed by atoms with Gasteiger partial charge in [-0.15, -0.1) is 0 Å². The van der Waals surface area contributed by atoms with Crippen LogP contribution < -0.4 is 5.32 Å². The molecule has 1 aliphatic rings. The molecule has 0 amide bonds. The fraction of sp³-hybridized carbons (Fsp3) is 0.583. The van der Waals surface area contributed by atoms with Crippen LogP contribution in [0.5, 0.6) is 0 Å². The van der Waals surface area contributed by atoms with Gasteiger partial charge in [0.2, 0.25) is 0 Å². The number of nitrogens with one attached hydrogen (secondary N) is 1. The maximum absolute atomic E-state index is 5.66. The molecule has 1 saturated heterocycles. The second kappa shape index (κ2) is 5.64. The minimum absolute atomic E-state index is 0.404. The predicted molar refractivity (Wildman–Crippen MR) is 68.6 cm³/mol. The van der Waals surface area contributed by atoms with Gasteiger partial charge >= 0.3 is 0 Å². The first kappa shape index (κ1) is 11.9. The van der Waals surface area contributed by atoms with Crippen LogP contribution in [-0.4, -0.2) is 23.7 Å². The Morgan fingerprint density at radius 3 is 3.25 bits per heavy atom. The molecular weight excluding hydrogens is 268 g/mol. The molecule has 1 fully saturated rings. The van der Waals surface area contributed by atoms with Crippen LogP contribution in [0.3, 0.4) is 0 Å². The molecule has 0 spiro atoms. The molecule has 0 saturated carbocycles. The fourth-order valence-electron chi connectivity index (χ4n) is 2.01. The van der Waals surface area contributed by atoms with Crippen molar-refractivity contribution in [1.29, 1.82) is 0 Å². The van der Waals surface area contributed by atoms with E-state index in [4.69, 9.17) is 4.74 Å². The Morgan fingerprint density at radius 1 is 1.62 bits per heavy atom. The van der Waals surface area contributed by atoms with E-state index in [1.807, 2.05) is 12.1 Å². The van der Waals surface area contributed by atoms with Gasteiger partial charge in [-0.25, -0.2) is 4.98 Å². The molecule has 4 heteroatoms. The van der Waals surface area contributed by atoms with E-state index in [2.05, 4.69) is 33.2 Å². The summed E-state index contributed by atoms with van der Waals surface area (Å²) in [7, 11) is 0. The van der Waals surface area contributed by atoms with Gasteiger partial charge in [-0.05, 0) is 47.3 Å². The van der Waals surface area contributed by atoms with Crippen molar-refractivity contribution < 1.29 is 4.74 Å². The molecule has 1 aromatic heterocycles. The molecule has 2 unspecified atom stereocenters. The first-order valence-corrected chi connectivity index (χ1v) is 6.57. The van der Waals surface area contributed by atoms with Crippen molar-refractivity contribution in [2.24, 2.45) is 0 Å². The van der Waals surface area contributed by atoms with Crippen LogP contribution in [0, 0.1) is 0 Å². The average molecular weight is 285 g/mol. The van der Waals surface area contributed by atoms with Crippen LogP contribution in [0.1, 0.15) is 26.2 Å². The quantitative estimate of drug-likeness (QED) is 0.866. The molecule has 2 heterocycles.